The molecule has 4 rings (SSSR count). The van der Waals surface area contributed by atoms with Crippen LogP contribution in [0.4, 0.5) is 5.69 Å². The molecule has 2 aromatic heterocycles. The molecular formula is C25H23ClN4O4. The topological polar surface area (TPSA) is 95.2 Å². The molecule has 9 heteroatoms. The largest absolute Gasteiger partial charge is 0.337 e. The van der Waals surface area contributed by atoms with Gasteiger partial charge in [-0.15, -0.1) is 0 Å². The normalized spacial score (nSPS) is 10.9. The van der Waals surface area contributed by atoms with Gasteiger partial charge in [-0.1, -0.05) is 18.5 Å². The van der Waals surface area contributed by atoms with Crippen molar-refractivity contribution in [3.63, 3.8) is 0 Å². The Morgan fingerprint density at radius 2 is 1.82 bits per heavy atom. The zero-order chi connectivity index (χ0) is 24.4. The first-order valence-electron chi connectivity index (χ1n) is 10.8. The van der Waals surface area contributed by atoms with Crippen molar-refractivity contribution >= 4 is 45.9 Å². The molecule has 2 heterocycles. The minimum atomic E-state index is -0.511. The van der Waals surface area contributed by atoms with Crippen molar-refractivity contribution in [2.24, 2.45) is 0 Å². The average molecular weight is 479 g/mol. The summed E-state index contributed by atoms with van der Waals surface area (Å²) in [4.78, 5) is 41.9. The van der Waals surface area contributed by atoms with Gasteiger partial charge in [0.25, 0.3) is 5.91 Å². The second kappa shape index (κ2) is 9.52. The number of hydrogen-bond donors (Lipinski definition) is 1. The molecule has 0 fully saturated rings. The van der Waals surface area contributed by atoms with Crippen LogP contribution < -0.4 is 10.2 Å². The second-order valence-electron chi connectivity index (χ2n) is 7.84. The summed E-state index contributed by atoms with van der Waals surface area (Å²) in [5, 5.41) is 8.21. The van der Waals surface area contributed by atoms with Gasteiger partial charge in [0, 0.05) is 29.4 Å². The summed E-state index contributed by atoms with van der Waals surface area (Å²) in [7, 11) is 0. The molecule has 0 radical (unpaired) electrons. The maximum absolute atomic E-state index is 13.0. The number of nitrogens with one attached hydrogen (secondary N) is 1. The van der Waals surface area contributed by atoms with E-state index in [0.717, 1.165) is 17.8 Å². The van der Waals surface area contributed by atoms with Crippen LogP contribution in [0.25, 0.3) is 16.6 Å². The Kier molecular flexibility index (Phi) is 6.51. The van der Waals surface area contributed by atoms with Crippen molar-refractivity contribution in [2.45, 2.75) is 33.6 Å². The summed E-state index contributed by atoms with van der Waals surface area (Å²) in [6.45, 7) is 5.11. The molecule has 0 aliphatic rings. The van der Waals surface area contributed by atoms with E-state index >= 15 is 0 Å². The Morgan fingerprint density at radius 1 is 1.09 bits per heavy atom. The number of ketones is 1. The van der Waals surface area contributed by atoms with Crippen LogP contribution in [0.1, 0.15) is 53.1 Å². The van der Waals surface area contributed by atoms with Gasteiger partial charge in [0.2, 0.25) is 0 Å². The van der Waals surface area contributed by atoms with Crippen LogP contribution in [-0.2, 0) is 4.79 Å². The molecule has 174 valence electrons. The number of anilines is 1. The fourth-order valence-corrected chi connectivity index (χ4v) is 3.93. The first kappa shape index (κ1) is 23.3. The monoisotopic (exact) mass is 478 g/mol. The quantitative estimate of drug-likeness (QED) is 0.377. The standard InChI is InChI=1S/C25H23ClN4O4/c1-4-5-24(32)21-13-27-30(15(21)2)19-9-7-18(8-10-19)28-25(33)22-14-29(34-16(3)31)23-11-6-17(26)12-20(22)23/h6-14H,4-5H2,1-3H3,(H,28,33). The molecule has 1 amide bonds. The zero-order valence-corrected chi connectivity index (χ0v) is 19.7. The minimum Gasteiger partial charge on any atom is -0.337 e. The molecule has 2 aromatic carbocycles. The lowest BCUT2D eigenvalue weighted by atomic mass is 10.1. The lowest BCUT2D eigenvalue weighted by Gasteiger charge is -2.08. The summed E-state index contributed by atoms with van der Waals surface area (Å²) < 4.78 is 2.95. The van der Waals surface area contributed by atoms with Gasteiger partial charge >= 0.3 is 5.97 Å². The highest BCUT2D eigenvalue weighted by molar-refractivity contribution is 6.31. The molecule has 0 aliphatic heterocycles. The number of halogens is 1. The summed E-state index contributed by atoms with van der Waals surface area (Å²) in [5.41, 5.74) is 3.57. The summed E-state index contributed by atoms with van der Waals surface area (Å²) in [6, 6.07) is 12.1. The van der Waals surface area contributed by atoms with E-state index in [1.807, 2.05) is 26.0 Å². The van der Waals surface area contributed by atoms with Crippen LogP contribution >= 0.6 is 11.6 Å². The lowest BCUT2D eigenvalue weighted by molar-refractivity contribution is -0.140. The zero-order valence-electron chi connectivity index (χ0n) is 19.0. The lowest BCUT2D eigenvalue weighted by Crippen LogP contribution is -2.16. The number of hydrogen-bond acceptors (Lipinski definition) is 5. The van der Waals surface area contributed by atoms with Crippen LogP contribution in [0.5, 0.6) is 0 Å². The smallest absolute Gasteiger partial charge is 0.329 e. The first-order valence-corrected chi connectivity index (χ1v) is 11.2. The Balaban J connectivity index is 1.57. The van der Waals surface area contributed by atoms with E-state index in [1.165, 1.54) is 17.9 Å². The molecule has 0 bridgehead atoms. The minimum absolute atomic E-state index is 0.0724. The Labute approximate surface area is 201 Å². The molecule has 0 saturated heterocycles. The highest BCUT2D eigenvalue weighted by Crippen LogP contribution is 2.26. The number of nitrogens with zero attached hydrogens (tertiary/aromatic N) is 3. The van der Waals surface area contributed by atoms with E-state index < -0.39 is 5.97 Å². The van der Waals surface area contributed by atoms with Gasteiger partial charge in [-0.2, -0.15) is 9.83 Å². The predicted octanol–water partition coefficient (Wildman–Crippen LogP) is 5.00. The number of rotatable bonds is 7. The summed E-state index contributed by atoms with van der Waals surface area (Å²) in [6.07, 6.45) is 4.31. The first-order chi connectivity index (χ1) is 16.3. The Bertz CT molecular complexity index is 1400. The fraction of sp³-hybridized carbons (Fsp3) is 0.200. The van der Waals surface area contributed by atoms with E-state index in [9.17, 15) is 14.4 Å². The molecule has 8 nitrogen and oxygen atoms in total. The predicted molar refractivity (Wildman–Crippen MR) is 130 cm³/mol. The van der Waals surface area contributed by atoms with Gasteiger partial charge < -0.3 is 10.2 Å². The number of fused-ring (bicyclic) bond motifs is 1. The molecule has 34 heavy (non-hydrogen) atoms. The molecular weight excluding hydrogens is 456 g/mol. The van der Waals surface area contributed by atoms with Crippen molar-refractivity contribution in [3.8, 4) is 5.69 Å². The highest BCUT2D eigenvalue weighted by Gasteiger charge is 2.18. The number of amides is 1. The maximum Gasteiger partial charge on any atom is 0.329 e. The van der Waals surface area contributed by atoms with Crippen LogP contribution in [0.2, 0.25) is 5.02 Å². The number of benzene rings is 2. The molecule has 0 saturated carbocycles. The van der Waals surface area contributed by atoms with E-state index in [2.05, 4.69) is 10.4 Å². The van der Waals surface area contributed by atoms with Gasteiger partial charge in [-0.3, -0.25) is 9.59 Å². The van der Waals surface area contributed by atoms with Crippen molar-refractivity contribution < 1.29 is 19.2 Å². The molecule has 0 spiro atoms. The van der Waals surface area contributed by atoms with Crippen molar-refractivity contribution in [1.29, 1.82) is 0 Å². The van der Waals surface area contributed by atoms with E-state index in [1.54, 1.807) is 41.2 Å². The summed E-state index contributed by atoms with van der Waals surface area (Å²) >= 11 is 6.12. The van der Waals surface area contributed by atoms with E-state index in [-0.39, 0.29) is 11.7 Å². The molecule has 0 atom stereocenters. The Hall–Kier alpha value is -3.91. The number of Topliss-reactive ketones (excluding diaryl/α,β-unsaturated/α-hetero) is 1. The van der Waals surface area contributed by atoms with Gasteiger partial charge in [0.1, 0.15) is 0 Å². The van der Waals surface area contributed by atoms with Crippen molar-refractivity contribution in [3.05, 3.63) is 76.7 Å². The van der Waals surface area contributed by atoms with Gasteiger partial charge in [-0.05, 0) is 55.8 Å². The average Bonchev–Trinajstić information content (AvgIpc) is 3.34. The molecule has 0 unspecified atom stereocenters. The number of carbonyl (C=O) groups excluding carboxylic acids is 3. The molecule has 1 N–H and O–H groups in total. The Morgan fingerprint density at radius 3 is 2.50 bits per heavy atom. The maximum atomic E-state index is 13.0. The van der Waals surface area contributed by atoms with Crippen LogP contribution in [0, 0.1) is 6.92 Å². The SMILES string of the molecule is CCCC(=O)c1cnn(-c2ccc(NC(=O)c3cn(OC(C)=O)c4ccc(Cl)cc34)cc2)c1C. The summed E-state index contributed by atoms with van der Waals surface area (Å²) in [5.74, 6) is -0.820. The van der Waals surface area contributed by atoms with Crippen molar-refractivity contribution in [2.75, 3.05) is 5.32 Å². The van der Waals surface area contributed by atoms with Crippen molar-refractivity contribution in [1.82, 2.24) is 14.5 Å². The highest BCUT2D eigenvalue weighted by atomic mass is 35.5. The third kappa shape index (κ3) is 4.58. The number of aromatic nitrogens is 3. The second-order valence-corrected chi connectivity index (χ2v) is 8.28. The molecule has 0 aliphatic carbocycles. The molecule has 4 aromatic rings. The van der Waals surface area contributed by atoms with Crippen LogP contribution in [0.3, 0.4) is 0 Å². The van der Waals surface area contributed by atoms with Gasteiger partial charge in [-0.25, -0.2) is 9.48 Å². The van der Waals surface area contributed by atoms with Gasteiger partial charge in [0.05, 0.1) is 40.4 Å². The number of carbonyl (C=O) groups is 3. The van der Waals surface area contributed by atoms with E-state index in [4.69, 9.17) is 16.4 Å². The van der Waals surface area contributed by atoms with E-state index in [0.29, 0.717) is 39.2 Å². The van der Waals surface area contributed by atoms with Crippen LogP contribution in [0.15, 0.2) is 54.9 Å². The van der Waals surface area contributed by atoms with Crippen LogP contribution in [-0.4, -0.2) is 32.2 Å². The fourth-order valence-electron chi connectivity index (χ4n) is 3.76. The van der Waals surface area contributed by atoms with Gasteiger partial charge in [0.15, 0.2) is 5.78 Å². The third-order valence-corrected chi connectivity index (χ3v) is 5.60. The third-order valence-electron chi connectivity index (χ3n) is 5.36.